The molecule has 0 aromatic carbocycles. The van der Waals surface area contributed by atoms with E-state index in [1.807, 2.05) is 0 Å². The molecule has 1 aliphatic rings. The maximum absolute atomic E-state index is 10.4. The van der Waals surface area contributed by atoms with Gasteiger partial charge in [-0.25, -0.2) is 0 Å². The highest BCUT2D eigenvalue weighted by Crippen LogP contribution is 2.46. The van der Waals surface area contributed by atoms with Crippen LogP contribution in [0.2, 0.25) is 0 Å². The Kier molecular flexibility index (Phi) is 6.65. The number of carbonyl (C=O) groups is 1. The van der Waals surface area contributed by atoms with Crippen molar-refractivity contribution < 1.29 is 37.5 Å². The van der Waals surface area contributed by atoms with Gasteiger partial charge in [-0.05, 0) is 0 Å². The van der Waals surface area contributed by atoms with Crippen molar-refractivity contribution in [3.63, 3.8) is 0 Å². The van der Waals surface area contributed by atoms with Gasteiger partial charge in [0.2, 0.25) is 0 Å². The first-order chi connectivity index (χ1) is 6.45. The van der Waals surface area contributed by atoms with Gasteiger partial charge >= 0.3 is 16.5 Å². The molecule has 0 amide bonds. The Hall–Kier alpha value is -0.490. The summed E-state index contributed by atoms with van der Waals surface area (Å²) in [6.45, 7) is 0.589. The monoisotopic (exact) mass is 246 g/mol. The molecular weight excluding hydrogens is 238 g/mol. The predicted molar refractivity (Wildman–Crippen MR) is 42.7 cm³/mol. The second-order valence-electron chi connectivity index (χ2n) is 1.87. The van der Waals surface area contributed by atoms with Crippen molar-refractivity contribution in [2.24, 2.45) is 0 Å². The number of aliphatic hydroxyl groups is 1. The average molecular weight is 246 g/mol. The van der Waals surface area contributed by atoms with E-state index in [0.29, 0.717) is 0 Å². The van der Waals surface area contributed by atoms with Gasteiger partial charge in [0.15, 0.2) is 4.31 Å². The van der Waals surface area contributed by atoms with Crippen molar-refractivity contribution >= 4 is 22.5 Å². The lowest BCUT2D eigenvalue weighted by atomic mass is 10.7. The second-order valence-corrected chi connectivity index (χ2v) is 3.84. The highest BCUT2D eigenvalue weighted by atomic mass is 31.2. The average Bonchev–Trinajstić information content (AvgIpc) is 2.01. The van der Waals surface area contributed by atoms with Crippen LogP contribution in [0.1, 0.15) is 6.92 Å². The molecule has 10 heteroatoms. The van der Waals surface area contributed by atoms with Gasteiger partial charge in [-0.1, -0.05) is 9.05 Å². The van der Waals surface area contributed by atoms with E-state index in [4.69, 9.17) is 15.0 Å². The van der Waals surface area contributed by atoms with Crippen molar-refractivity contribution in [2.75, 3.05) is 6.61 Å². The first kappa shape index (κ1) is 13.5. The number of carboxylic acids is 1. The summed E-state index contributed by atoms with van der Waals surface area (Å²) in [5, 5.41) is 15.8. The zero-order chi connectivity index (χ0) is 11.1. The molecule has 2 N–H and O–H groups in total. The van der Waals surface area contributed by atoms with Gasteiger partial charge in [0.05, 0.1) is 0 Å². The first-order valence-electron chi connectivity index (χ1n) is 3.22. The van der Waals surface area contributed by atoms with Crippen LogP contribution in [0, 0.1) is 0 Å². The van der Waals surface area contributed by atoms with Crippen LogP contribution in [0.25, 0.3) is 0 Å². The summed E-state index contributed by atoms with van der Waals surface area (Å²) in [6, 6.07) is 0. The SMILES string of the molecule is CC(=O)O.O=[P+]1OC(CO)O[P+](=O)O1. The number of rotatable bonds is 1. The minimum absolute atomic E-state index is 0.495. The van der Waals surface area contributed by atoms with E-state index in [1.54, 1.807) is 0 Å². The number of hydrogen-bond donors (Lipinski definition) is 2. The minimum Gasteiger partial charge on any atom is -0.481 e. The Bertz CT molecular complexity index is 219. The lowest BCUT2D eigenvalue weighted by molar-refractivity contribution is -0.134. The van der Waals surface area contributed by atoms with Gasteiger partial charge in [0, 0.05) is 16.1 Å². The van der Waals surface area contributed by atoms with Gasteiger partial charge < -0.3 is 10.2 Å². The molecule has 2 unspecified atom stereocenters. The molecule has 0 aromatic heterocycles. The topological polar surface area (TPSA) is 119 Å². The molecule has 1 aliphatic heterocycles. The van der Waals surface area contributed by atoms with Crippen molar-refractivity contribution in [2.45, 2.75) is 13.2 Å². The van der Waals surface area contributed by atoms with Crippen LogP contribution in [-0.4, -0.2) is 29.1 Å². The number of hydrogen-bond acceptors (Lipinski definition) is 7. The fraction of sp³-hybridized carbons (Fsp3) is 0.750. The summed E-state index contributed by atoms with van der Waals surface area (Å²) in [6.07, 6.45) is -1.10. The lowest BCUT2D eigenvalue weighted by Gasteiger charge is -1.98. The standard InChI is InChI=1S/C2H4O6P2.C2H4O2/c3-1-2-6-9(4)8-10(5)7-2;1-2(3)4/h2-3H,1H2;1H3,(H,3,4)/q+2;. The minimum atomic E-state index is -2.39. The molecule has 0 bridgehead atoms. The zero-order valence-corrected chi connectivity index (χ0v) is 8.81. The van der Waals surface area contributed by atoms with Gasteiger partial charge in [-0.2, -0.15) is 0 Å². The summed E-state index contributed by atoms with van der Waals surface area (Å²) in [7, 11) is -4.79. The van der Waals surface area contributed by atoms with Gasteiger partial charge in [-0.15, -0.1) is 0 Å². The highest BCUT2D eigenvalue weighted by Gasteiger charge is 2.51. The molecule has 14 heavy (non-hydrogen) atoms. The molecule has 2 atom stereocenters. The fourth-order valence-electron chi connectivity index (χ4n) is 0.371. The zero-order valence-electron chi connectivity index (χ0n) is 7.02. The smallest absolute Gasteiger partial charge is 0.481 e. The molecule has 1 heterocycles. The van der Waals surface area contributed by atoms with Crippen LogP contribution in [0.15, 0.2) is 0 Å². The number of aliphatic hydroxyl groups excluding tert-OH is 1. The van der Waals surface area contributed by atoms with Crippen LogP contribution in [0.3, 0.4) is 0 Å². The molecule has 0 spiro atoms. The first-order valence-corrected chi connectivity index (χ1v) is 5.41. The van der Waals surface area contributed by atoms with E-state index in [9.17, 15) is 9.13 Å². The largest absolute Gasteiger partial charge is 0.750 e. The van der Waals surface area contributed by atoms with E-state index in [2.05, 4.69) is 13.4 Å². The Morgan fingerprint density at radius 2 is 1.71 bits per heavy atom. The van der Waals surface area contributed by atoms with Gasteiger partial charge in [0.1, 0.15) is 6.61 Å². The van der Waals surface area contributed by atoms with Crippen molar-refractivity contribution in [1.29, 1.82) is 0 Å². The molecule has 1 saturated heterocycles. The van der Waals surface area contributed by atoms with E-state index in [0.717, 1.165) is 6.92 Å². The van der Waals surface area contributed by atoms with Crippen molar-refractivity contribution in [3.05, 3.63) is 0 Å². The highest BCUT2D eigenvalue weighted by molar-refractivity contribution is 7.48. The molecule has 0 saturated carbocycles. The predicted octanol–water partition coefficient (Wildman–Crippen LogP) is 0.774. The Morgan fingerprint density at radius 3 is 2.00 bits per heavy atom. The molecule has 0 radical (unpaired) electrons. The third-order valence-electron chi connectivity index (χ3n) is 0.690. The van der Waals surface area contributed by atoms with Gasteiger partial charge in [-0.3, -0.25) is 4.79 Å². The molecular formula is C4H8O8P2+2. The van der Waals surface area contributed by atoms with E-state index >= 15 is 0 Å². The quantitative estimate of drug-likeness (QED) is 0.651. The summed E-state index contributed by atoms with van der Waals surface area (Å²) < 4.78 is 33.5. The molecule has 0 aliphatic carbocycles. The lowest BCUT2D eigenvalue weighted by Crippen LogP contribution is -2.17. The molecule has 1 rings (SSSR count). The normalized spacial score (nSPS) is 26.3. The fourth-order valence-corrected chi connectivity index (χ4v) is 1.79. The number of carboxylic acid groups (broad SMARTS) is 1. The third kappa shape index (κ3) is 6.97. The molecule has 8 nitrogen and oxygen atoms in total. The van der Waals surface area contributed by atoms with Crippen LogP contribution < -0.4 is 0 Å². The third-order valence-corrected chi connectivity index (χ3v) is 2.57. The summed E-state index contributed by atoms with van der Waals surface area (Å²) >= 11 is 0. The van der Waals surface area contributed by atoms with E-state index in [-0.39, 0.29) is 0 Å². The molecule has 1 fully saturated rings. The Morgan fingerprint density at radius 1 is 1.36 bits per heavy atom. The second kappa shape index (κ2) is 6.89. The maximum atomic E-state index is 10.4. The maximum Gasteiger partial charge on any atom is 0.750 e. The summed E-state index contributed by atoms with van der Waals surface area (Å²) in [5.74, 6) is -0.833. The Balaban J connectivity index is 0.000000364. The van der Waals surface area contributed by atoms with Crippen LogP contribution in [0.4, 0.5) is 0 Å². The summed E-state index contributed by atoms with van der Waals surface area (Å²) in [4.78, 5) is 9.00. The molecule has 0 aromatic rings. The van der Waals surface area contributed by atoms with E-state index in [1.165, 1.54) is 0 Å². The van der Waals surface area contributed by atoms with Crippen molar-refractivity contribution in [3.8, 4) is 0 Å². The van der Waals surface area contributed by atoms with E-state index < -0.39 is 35.4 Å². The van der Waals surface area contributed by atoms with Crippen LogP contribution >= 0.6 is 16.5 Å². The van der Waals surface area contributed by atoms with Gasteiger partial charge in [0.25, 0.3) is 12.3 Å². The number of aliphatic carboxylic acids is 1. The summed E-state index contributed by atoms with van der Waals surface area (Å²) in [5.41, 5.74) is 0. The molecule has 80 valence electrons. The van der Waals surface area contributed by atoms with Crippen LogP contribution in [-0.2, 0) is 27.3 Å². The van der Waals surface area contributed by atoms with Crippen molar-refractivity contribution in [1.82, 2.24) is 0 Å². The van der Waals surface area contributed by atoms with Crippen LogP contribution in [0.5, 0.6) is 0 Å². The Labute approximate surface area is 80.7 Å².